The Morgan fingerprint density at radius 2 is 1.94 bits per heavy atom. The summed E-state index contributed by atoms with van der Waals surface area (Å²) in [4.78, 5) is 22.9. The zero-order valence-corrected chi connectivity index (χ0v) is 10.4. The van der Waals surface area contributed by atoms with Crippen molar-refractivity contribution in [3.05, 3.63) is 29.6 Å². The van der Waals surface area contributed by atoms with Gasteiger partial charge in [-0.25, -0.2) is 4.39 Å². The number of carbonyl (C=O) groups is 2. The van der Waals surface area contributed by atoms with Crippen molar-refractivity contribution in [3.63, 3.8) is 0 Å². The minimum absolute atomic E-state index is 0.00667. The van der Waals surface area contributed by atoms with E-state index in [1.165, 1.54) is 12.1 Å². The molecule has 4 nitrogen and oxygen atoms in total. The van der Waals surface area contributed by atoms with E-state index >= 15 is 0 Å². The minimum Gasteiger partial charge on any atom is -0.491 e. The summed E-state index contributed by atoms with van der Waals surface area (Å²) >= 11 is 0. The van der Waals surface area contributed by atoms with Gasteiger partial charge in [0, 0.05) is 5.56 Å². The Balaban J connectivity index is 2.80. The number of ketones is 1. The van der Waals surface area contributed by atoms with Gasteiger partial charge in [0.15, 0.2) is 17.3 Å². The molecule has 0 radical (unpaired) electrons. The summed E-state index contributed by atoms with van der Waals surface area (Å²) in [6.07, 6.45) is -0.356. The monoisotopic (exact) mass is 254 g/mol. The molecule has 0 atom stereocenters. The van der Waals surface area contributed by atoms with E-state index in [1.54, 1.807) is 13.8 Å². The van der Waals surface area contributed by atoms with Gasteiger partial charge in [-0.05, 0) is 32.0 Å². The maximum atomic E-state index is 13.3. The molecule has 0 unspecified atom stereocenters. The Morgan fingerprint density at radius 1 is 1.22 bits per heavy atom. The van der Waals surface area contributed by atoms with E-state index in [9.17, 15) is 14.0 Å². The fourth-order valence-corrected chi connectivity index (χ4v) is 1.39. The number of Topliss-reactive ketones (excluding diaryl/α,β-unsaturated/α-hetero) is 1. The Kier molecular flexibility index (Phi) is 5.30. The summed E-state index contributed by atoms with van der Waals surface area (Å²) in [6.45, 7) is 3.90. The van der Waals surface area contributed by atoms with Crippen molar-refractivity contribution >= 4 is 11.8 Å². The van der Waals surface area contributed by atoms with Crippen molar-refractivity contribution in [1.29, 1.82) is 0 Å². The second kappa shape index (κ2) is 6.74. The first kappa shape index (κ1) is 14.2. The van der Waals surface area contributed by atoms with E-state index in [4.69, 9.17) is 4.74 Å². The molecule has 0 spiro atoms. The van der Waals surface area contributed by atoms with Crippen molar-refractivity contribution in [3.8, 4) is 5.75 Å². The first-order valence-corrected chi connectivity index (χ1v) is 5.69. The molecule has 0 aliphatic heterocycles. The molecule has 1 rings (SSSR count). The molecule has 1 aromatic carbocycles. The molecular formula is C13H15FO4. The molecule has 0 bridgehead atoms. The molecule has 18 heavy (non-hydrogen) atoms. The topological polar surface area (TPSA) is 52.6 Å². The van der Waals surface area contributed by atoms with Gasteiger partial charge in [-0.3, -0.25) is 9.59 Å². The van der Waals surface area contributed by atoms with Gasteiger partial charge in [-0.2, -0.15) is 0 Å². The Morgan fingerprint density at radius 3 is 2.56 bits per heavy atom. The lowest BCUT2D eigenvalue weighted by molar-refractivity contribution is -0.141. The van der Waals surface area contributed by atoms with E-state index in [1.807, 2.05) is 0 Å². The molecule has 0 saturated carbocycles. The summed E-state index contributed by atoms with van der Waals surface area (Å²) in [6, 6.07) is 3.75. The smallest absolute Gasteiger partial charge is 0.313 e. The lowest BCUT2D eigenvalue weighted by Crippen LogP contribution is -2.11. The van der Waals surface area contributed by atoms with Gasteiger partial charge in [-0.1, -0.05) is 0 Å². The third-order valence-electron chi connectivity index (χ3n) is 2.16. The van der Waals surface area contributed by atoms with E-state index in [0.29, 0.717) is 6.61 Å². The predicted octanol–water partition coefficient (Wildman–Crippen LogP) is 2.36. The molecule has 0 saturated heterocycles. The third-order valence-corrected chi connectivity index (χ3v) is 2.16. The summed E-state index contributed by atoms with van der Waals surface area (Å²) in [7, 11) is 0. The highest BCUT2D eigenvalue weighted by molar-refractivity contribution is 6.06. The van der Waals surface area contributed by atoms with Crippen LogP contribution in [0.5, 0.6) is 5.75 Å². The van der Waals surface area contributed by atoms with Gasteiger partial charge in [-0.15, -0.1) is 0 Å². The van der Waals surface area contributed by atoms with E-state index in [0.717, 1.165) is 6.07 Å². The van der Waals surface area contributed by atoms with Crippen molar-refractivity contribution in [1.82, 2.24) is 0 Å². The highest BCUT2D eigenvalue weighted by Gasteiger charge is 2.14. The van der Waals surface area contributed by atoms with Gasteiger partial charge >= 0.3 is 5.97 Å². The maximum Gasteiger partial charge on any atom is 0.313 e. The van der Waals surface area contributed by atoms with Crippen LogP contribution in [0.1, 0.15) is 30.6 Å². The van der Waals surface area contributed by atoms with Crippen LogP contribution in [0.3, 0.4) is 0 Å². The van der Waals surface area contributed by atoms with Gasteiger partial charge < -0.3 is 9.47 Å². The highest BCUT2D eigenvalue weighted by atomic mass is 19.1. The second-order valence-corrected chi connectivity index (χ2v) is 3.48. The van der Waals surface area contributed by atoms with Crippen LogP contribution in [0.2, 0.25) is 0 Å². The molecule has 0 N–H and O–H groups in total. The minimum atomic E-state index is -0.593. The standard InChI is InChI=1S/C13H15FO4/c1-3-17-12-7-9(5-6-10(12)14)11(15)8-13(16)18-4-2/h5-7H,3-4,8H2,1-2H3. The van der Waals surface area contributed by atoms with Crippen molar-refractivity contribution in [2.24, 2.45) is 0 Å². The Labute approximate surface area is 105 Å². The summed E-state index contributed by atoms with van der Waals surface area (Å²) in [5, 5.41) is 0. The molecule has 98 valence electrons. The molecule has 0 fully saturated rings. The number of carbonyl (C=O) groups excluding carboxylic acids is 2. The number of benzene rings is 1. The SMILES string of the molecule is CCOC(=O)CC(=O)c1ccc(F)c(OCC)c1. The number of hydrogen-bond acceptors (Lipinski definition) is 4. The van der Waals surface area contributed by atoms with Crippen molar-refractivity contribution < 1.29 is 23.5 Å². The number of rotatable bonds is 6. The van der Waals surface area contributed by atoms with Crippen LogP contribution in [0.15, 0.2) is 18.2 Å². The second-order valence-electron chi connectivity index (χ2n) is 3.48. The van der Waals surface area contributed by atoms with Gasteiger partial charge in [0.05, 0.1) is 13.2 Å². The van der Waals surface area contributed by atoms with Crippen molar-refractivity contribution in [2.45, 2.75) is 20.3 Å². The molecular weight excluding hydrogens is 239 g/mol. The van der Waals surface area contributed by atoms with Gasteiger partial charge in [0.25, 0.3) is 0 Å². The van der Waals surface area contributed by atoms with Gasteiger partial charge in [0.1, 0.15) is 6.42 Å². The zero-order chi connectivity index (χ0) is 13.5. The first-order valence-electron chi connectivity index (χ1n) is 5.69. The average Bonchev–Trinajstić information content (AvgIpc) is 2.32. The Bertz CT molecular complexity index is 443. The number of esters is 1. The molecule has 0 aliphatic rings. The summed E-state index contributed by atoms with van der Waals surface area (Å²) in [5.41, 5.74) is 0.230. The largest absolute Gasteiger partial charge is 0.491 e. The molecule has 0 heterocycles. The summed E-state index contributed by atoms with van der Waals surface area (Å²) in [5.74, 6) is -1.55. The highest BCUT2D eigenvalue weighted by Crippen LogP contribution is 2.19. The number of halogens is 1. The van der Waals surface area contributed by atoms with Gasteiger partial charge in [0.2, 0.25) is 0 Å². The molecule has 1 aromatic rings. The van der Waals surface area contributed by atoms with Crippen LogP contribution in [0, 0.1) is 5.82 Å². The van der Waals surface area contributed by atoms with Crippen LogP contribution in [-0.4, -0.2) is 25.0 Å². The number of ether oxygens (including phenoxy) is 2. The van der Waals surface area contributed by atoms with Crippen molar-refractivity contribution in [2.75, 3.05) is 13.2 Å². The molecule has 0 amide bonds. The fraction of sp³-hybridized carbons (Fsp3) is 0.385. The number of hydrogen-bond donors (Lipinski definition) is 0. The fourth-order valence-electron chi connectivity index (χ4n) is 1.39. The quantitative estimate of drug-likeness (QED) is 0.444. The van der Waals surface area contributed by atoms with Crippen LogP contribution in [0.25, 0.3) is 0 Å². The molecule has 0 aromatic heterocycles. The average molecular weight is 254 g/mol. The lowest BCUT2D eigenvalue weighted by Gasteiger charge is -2.06. The van der Waals surface area contributed by atoms with E-state index in [-0.39, 0.29) is 24.3 Å². The lowest BCUT2D eigenvalue weighted by atomic mass is 10.1. The Hall–Kier alpha value is -1.91. The van der Waals surface area contributed by atoms with Crippen LogP contribution in [0.4, 0.5) is 4.39 Å². The summed E-state index contributed by atoms with van der Waals surface area (Å²) < 4.78 is 23.0. The maximum absolute atomic E-state index is 13.3. The van der Waals surface area contributed by atoms with Crippen LogP contribution in [-0.2, 0) is 9.53 Å². The van der Waals surface area contributed by atoms with Crippen LogP contribution >= 0.6 is 0 Å². The first-order chi connectivity index (χ1) is 8.58. The van der Waals surface area contributed by atoms with E-state index in [2.05, 4.69) is 4.74 Å². The normalized spacial score (nSPS) is 9.94. The molecule has 5 heteroatoms. The molecule has 0 aliphatic carbocycles. The van der Waals surface area contributed by atoms with Crippen LogP contribution < -0.4 is 4.74 Å². The predicted molar refractivity (Wildman–Crippen MR) is 63.1 cm³/mol. The zero-order valence-electron chi connectivity index (χ0n) is 10.4. The van der Waals surface area contributed by atoms with E-state index < -0.39 is 17.6 Å². The third kappa shape index (κ3) is 3.84.